The van der Waals surface area contributed by atoms with Gasteiger partial charge in [-0.3, -0.25) is 38.9 Å². The molecule has 4 aliphatic rings. The van der Waals surface area contributed by atoms with Crippen molar-refractivity contribution in [2.75, 3.05) is 43.4 Å². The molecule has 0 radical (unpaired) electrons. The lowest BCUT2D eigenvalue weighted by atomic mass is 9.85. The van der Waals surface area contributed by atoms with Crippen molar-refractivity contribution in [1.82, 2.24) is 29.9 Å². The van der Waals surface area contributed by atoms with Gasteiger partial charge in [0.1, 0.15) is 17.4 Å². The van der Waals surface area contributed by atoms with Crippen LogP contribution in [0.3, 0.4) is 0 Å². The number of piperidine rings is 2. The number of rotatable bonds is 10. The standard InChI is InChI=1S/C44H49F3N8O6/c1-43(2,61)30-21-32-27(20-33(30)49-39(57)31-7-5-9-36(48-31)44(45,46)47)24-54(51-32)28-12-10-25(11-13-28)22-52(3)23-26-16-18-53(19-17-26)34-8-4-6-29-38(34)42(60)55(41(29)59)35-14-15-37(56)50-40(35)58/h4-9,20-21,24-26,28,35,61H,10-19,22-23H2,1-3H3,(H,49,57)(H,50,56,58)/t25-,28-,35?. The zero-order chi connectivity index (χ0) is 43.4. The second-order valence-electron chi connectivity index (χ2n) is 17.5. The Morgan fingerprint density at radius 1 is 0.918 bits per heavy atom. The first-order valence-corrected chi connectivity index (χ1v) is 20.8. The highest BCUT2D eigenvalue weighted by atomic mass is 19.4. The molecule has 1 saturated carbocycles. The fourth-order valence-corrected chi connectivity index (χ4v) is 9.46. The van der Waals surface area contributed by atoms with Crippen LogP contribution in [0, 0.1) is 11.8 Å². The number of amides is 5. The second-order valence-corrected chi connectivity index (χ2v) is 17.5. The number of alkyl halides is 3. The number of hydrogen-bond donors (Lipinski definition) is 3. The molecule has 8 rings (SSSR count). The van der Waals surface area contributed by atoms with Gasteiger partial charge in [0.15, 0.2) is 0 Å². The third kappa shape index (κ3) is 8.62. The predicted octanol–water partition coefficient (Wildman–Crippen LogP) is 5.91. The van der Waals surface area contributed by atoms with Gasteiger partial charge < -0.3 is 20.2 Å². The second kappa shape index (κ2) is 16.3. The first kappa shape index (κ1) is 42.0. The average molecular weight is 843 g/mol. The van der Waals surface area contributed by atoms with Crippen LogP contribution in [0.25, 0.3) is 10.9 Å². The molecular formula is C44H49F3N8O6. The molecule has 14 nitrogen and oxygen atoms in total. The minimum Gasteiger partial charge on any atom is -0.386 e. The monoisotopic (exact) mass is 842 g/mol. The number of aromatic nitrogens is 3. The number of nitrogens with zero attached hydrogens (tertiary/aromatic N) is 6. The zero-order valence-corrected chi connectivity index (χ0v) is 34.3. The molecule has 1 aliphatic carbocycles. The molecule has 2 saturated heterocycles. The number of nitrogens with one attached hydrogen (secondary N) is 2. The molecule has 3 N–H and O–H groups in total. The molecule has 5 amide bonds. The van der Waals surface area contributed by atoms with Gasteiger partial charge in [-0.05, 0) is 114 Å². The number of hydrogen-bond acceptors (Lipinski definition) is 10. The average Bonchev–Trinajstić information content (AvgIpc) is 3.75. The first-order valence-electron chi connectivity index (χ1n) is 20.8. The number of aliphatic hydroxyl groups is 1. The van der Waals surface area contributed by atoms with Crippen LogP contribution in [0.5, 0.6) is 0 Å². The number of fused-ring (bicyclic) bond motifs is 2. The normalized spacial score (nSPS) is 21.7. The number of benzene rings is 2. The van der Waals surface area contributed by atoms with Crippen LogP contribution in [0.2, 0.25) is 0 Å². The molecule has 2 aromatic heterocycles. The molecule has 0 spiro atoms. The van der Waals surface area contributed by atoms with Gasteiger partial charge in [0.2, 0.25) is 11.8 Å². The molecule has 1 atom stereocenters. The molecule has 17 heteroatoms. The van der Waals surface area contributed by atoms with Crippen LogP contribution in [-0.4, -0.2) is 98.5 Å². The third-order valence-corrected chi connectivity index (χ3v) is 12.6. The maximum Gasteiger partial charge on any atom is 0.433 e. The van der Waals surface area contributed by atoms with E-state index in [-0.39, 0.29) is 30.1 Å². The summed E-state index contributed by atoms with van der Waals surface area (Å²) in [7, 11) is 2.16. The van der Waals surface area contributed by atoms with Crippen LogP contribution < -0.4 is 15.5 Å². The summed E-state index contributed by atoms with van der Waals surface area (Å²) in [4.78, 5) is 73.4. The van der Waals surface area contributed by atoms with E-state index in [4.69, 9.17) is 5.10 Å². The number of carbonyl (C=O) groups excluding carboxylic acids is 5. The topological polar surface area (TPSA) is 170 Å². The van der Waals surface area contributed by atoms with E-state index in [2.05, 4.69) is 32.5 Å². The molecule has 4 aromatic rings. The summed E-state index contributed by atoms with van der Waals surface area (Å²) in [5.41, 5.74) is -0.378. The quantitative estimate of drug-likeness (QED) is 0.163. The predicted molar refractivity (Wildman–Crippen MR) is 219 cm³/mol. The maximum atomic E-state index is 13.7. The molecule has 61 heavy (non-hydrogen) atoms. The summed E-state index contributed by atoms with van der Waals surface area (Å²) in [6, 6.07) is 10.9. The molecule has 322 valence electrons. The number of pyridine rings is 1. The van der Waals surface area contributed by atoms with Crippen molar-refractivity contribution >= 4 is 51.8 Å². The van der Waals surface area contributed by atoms with Crippen LogP contribution in [0.4, 0.5) is 24.5 Å². The summed E-state index contributed by atoms with van der Waals surface area (Å²) in [6.45, 7) is 6.50. The van der Waals surface area contributed by atoms with Gasteiger partial charge in [-0.15, -0.1) is 0 Å². The summed E-state index contributed by atoms with van der Waals surface area (Å²) >= 11 is 0. The van der Waals surface area contributed by atoms with Crippen molar-refractivity contribution in [2.45, 2.75) is 89.1 Å². The minimum absolute atomic E-state index is 0.0707. The summed E-state index contributed by atoms with van der Waals surface area (Å²) in [6.07, 6.45) is 3.14. The van der Waals surface area contributed by atoms with Crippen molar-refractivity contribution < 1.29 is 42.3 Å². The summed E-state index contributed by atoms with van der Waals surface area (Å²) in [5.74, 6) is -1.87. The van der Waals surface area contributed by atoms with Crippen molar-refractivity contribution in [1.29, 1.82) is 0 Å². The number of carbonyl (C=O) groups is 5. The summed E-state index contributed by atoms with van der Waals surface area (Å²) in [5, 5.41) is 21.5. The van der Waals surface area contributed by atoms with Crippen molar-refractivity contribution in [3.8, 4) is 0 Å². The Morgan fingerprint density at radius 2 is 1.61 bits per heavy atom. The summed E-state index contributed by atoms with van der Waals surface area (Å²) < 4.78 is 41.7. The lowest BCUT2D eigenvalue weighted by Crippen LogP contribution is -2.54. The van der Waals surface area contributed by atoms with Crippen molar-refractivity contribution in [3.05, 3.63) is 82.8 Å². The van der Waals surface area contributed by atoms with Gasteiger partial charge in [0.25, 0.3) is 17.7 Å². The third-order valence-electron chi connectivity index (χ3n) is 12.6. The van der Waals surface area contributed by atoms with E-state index < -0.39 is 58.7 Å². The molecule has 3 fully saturated rings. The van der Waals surface area contributed by atoms with E-state index in [9.17, 15) is 42.3 Å². The number of halogens is 3. The Kier molecular flexibility index (Phi) is 11.2. The van der Waals surface area contributed by atoms with Gasteiger partial charge >= 0.3 is 6.18 Å². The Bertz CT molecular complexity index is 2390. The van der Waals surface area contributed by atoms with Gasteiger partial charge in [0, 0.05) is 55.4 Å². The van der Waals surface area contributed by atoms with Gasteiger partial charge in [0.05, 0.1) is 34.0 Å². The molecular weight excluding hydrogens is 794 g/mol. The van der Waals surface area contributed by atoms with E-state index >= 15 is 0 Å². The van der Waals surface area contributed by atoms with Gasteiger partial charge in [-0.2, -0.15) is 18.3 Å². The van der Waals surface area contributed by atoms with Crippen LogP contribution >= 0.6 is 0 Å². The maximum absolute atomic E-state index is 13.7. The highest BCUT2D eigenvalue weighted by Gasteiger charge is 2.46. The van der Waals surface area contributed by atoms with E-state index in [1.165, 1.54) is 6.07 Å². The molecule has 0 bridgehead atoms. The van der Waals surface area contributed by atoms with Crippen molar-refractivity contribution in [3.63, 3.8) is 0 Å². The van der Waals surface area contributed by atoms with Gasteiger partial charge in [-0.25, -0.2) is 4.98 Å². The van der Waals surface area contributed by atoms with Crippen molar-refractivity contribution in [2.24, 2.45) is 11.8 Å². The molecule has 2 aromatic carbocycles. The van der Waals surface area contributed by atoms with Gasteiger partial charge in [-0.1, -0.05) is 12.1 Å². The Hall–Kier alpha value is -5.68. The highest BCUT2D eigenvalue weighted by Crippen LogP contribution is 2.38. The van der Waals surface area contributed by atoms with Crippen LogP contribution in [0.1, 0.15) is 114 Å². The highest BCUT2D eigenvalue weighted by molar-refractivity contribution is 6.25. The molecule has 3 aliphatic heterocycles. The van der Waals surface area contributed by atoms with Crippen LogP contribution in [0.15, 0.2) is 54.7 Å². The van der Waals surface area contributed by atoms with E-state index in [0.717, 1.165) is 87.1 Å². The van der Waals surface area contributed by atoms with E-state index in [0.29, 0.717) is 34.2 Å². The Labute approximate surface area is 350 Å². The lowest BCUT2D eigenvalue weighted by Gasteiger charge is -2.37. The Morgan fingerprint density at radius 3 is 2.28 bits per heavy atom. The van der Waals surface area contributed by atoms with E-state index in [1.54, 1.807) is 38.1 Å². The fraction of sp³-hybridized carbons (Fsp3) is 0.477. The Balaban J connectivity index is 0.844. The zero-order valence-electron chi connectivity index (χ0n) is 34.3. The SMILES string of the molecule is CN(CC1CCN(c2cccc3c2C(=O)N(C2CCC(=O)NC2=O)C3=O)CC1)C[C@H]1CC[C@H](n2cc3cc(NC(=O)c4cccc(C(F)(F)F)n4)c(C(C)(C)O)cc3n2)CC1. The lowest BCUT2D eigenvalue weighted by molar-refractivity contribution is -0.141. The first-order chi connectivity index (χ1) is 28.9. The number of imide groups is 2. The van der Waals surface area contributed by atoms with Crippen LogP contribution in [-0.2, 0) is 21.4 Å². The minimum atomic E-state index is -4.70. The molecule has 1 unspecified atom stereocenters. The molecule has 5 heterocycles. The fourth-order valence-electron chi connectivity index (χ4n) is 9.46. The van der Waals surface area contributed by atoms with E-state index in [1.807, 2.05) is 16.9 Å². The number of anilines is 2. The smallest absolute Gasteiger partial charge is 0.386 e. The largest absolute Gasteiger partial charge is 0.433 e.